The van der Waals surface area contributed by atoms with Gasteiger partial charge in [0.15, 0.2) is 0 Å². The smallest absolute Gasteiger partial charge is 0.0794 e. The molecule has 4 nitrogen and oxygen atoms in total. The standard InChI is InChI=1S/C8H15N3OS/c1-11(3-2-4-12-9)6-8-5-10-7-13-8/h5,7H,2-4,6,9H2,1H3. The summed E-state index contributed by atoms with van der Waals surface area (Å²) in [6, 6.07) is 0. The molecule has 0 atom stereocenters. The molecule has 1 rings (SSSR count). The zero-order chi connectivity index (χ0) is 9.52. The molecular formula is C8H15N3OS. The van der Waals surface area contributed by atoms with Crippen LogP contribution in [0.2, 0.25) is 0 Å². The van der Waals surface area contributed by atoms with Gasteiger partial charge in [0, 0.05) is 24.2 Å². The van der Waals surface area contributed by atoms with Crippen molar-refractivity contribution in [2.24, 2.45) is 5.90 Å². The normalized spacial score (nSPS) is 11.0. The van der Waals surface area contributed by atoms with Gasteiger partial charge in [-0.3, -0.25) is 4.98 Å². The van der Waals surface area contributed by atoms with E-state index >= 15 is 0 Å². The Balaban J connectivity index is 2.14. The van der Waals surface area contributed by atoms with Crippen LogP contribution in [0.1, 0.15) is 11.3 Å². The lowest BCUT2D eigenvalue weighted by Gasteiger charge is -2.14. The van der Waals surface area contributed by atoms with Crippen molar-refractivity contribution < 1.29 is 4.84 Å². The first-order valence-electron chi connectivity index (χ1n) is 4.20. The van der Waals surface area contributed by atoms with E-state index in [1.165, 1.54) is 4.88 Å². The van der Waals surface area contributed by atoms with E-state index in [2.05, 4.69) is 21.8 Å². The van der Waals surface area contributed by atoms with Crippen LogP contribution in [0.5, 0.6) is 0 Å². The van der Waals surface area contributed by atoms with Crippen LogP contribution in [0, 0.1) is 0 Å². The summed E-state index contributed by atoms with van der Waals surface area (Å²) in [7, 11) is 2.08. The minimum atomic E-state index is 0.618. The van der Waals surface area contributed by atoms with E-state index in [0.29, 0.717) is 6.61 Å². The maximum atomic E-state index is 4.92. The second-order valence-corrected chi connectivity index (χ2v) is 3.90. The zero-order valence-electron chi connectivity index (χ0n) is 7.77. The Hall–Kier alpha value is -0.490. The molecule has 0 unspecified atom stereocenters. The number of hydrogen-bond donors (Lipinski definition) is 1. The Labute approximate surface area is 82.3 Å². The van der Waals surface area contributed by atoms with E-state index in [1.807, 2.05) is 11.7 Å². The van der Waals surface area contributed by atoms with Crippen molar-refractivity contribution in [1.29, 1.82) is 0 Å². The molecule has 5 heteroatoms. The molecule has 0 fully saturated rings. The van der Waals surface area contributed by atoms with Crippen LogP contribution in [0.15, 0.2) is 11.7 Å². The molecule has 2 N–H and O–H groups in total. The molecule has 0 spiro atoms. The van der Waals surface area contributed by atoms with Crippen LogP contribution < -0.4 is 5.90 Å². The minimum Gasteiger partial charge on any atom is -0.305 e. The summed E-state index contributed by atoms with van der Waals surface area (Å²) in [6.45, 7) is 2.57. The molecule has 1 aromatic heterocycles. The fourth-order valence-electron chi connectivity index (χ4n) is 1.08. The molecular weight excluding hydrogens is 186 g/mol. The number of nitrogens with two attached hydrogens (primary N) is 1. The van der Waals surface area contributed by atoms with Crippen LogP contribution in [0.3, 0.4) is 0 Å². The Kier molecular flexibility index (Phi) is 4.92. The van der Waals surface area contributed by atoms with Gasteiger partial charge < -0.3 is 9.74 Å². The second kappa shape index (κ2) is 6.04. The molecule has 13 heavy (non-hydrogen) atoms. The highest BCUT2D eigenvalue weighted by Crippen LogP contribution is 2.08. The predicted octanol–water partition coefficient (Wildman–Crippen LogP) is 0.855. The van der Waals surface area contributed by atoms with Gasteiger partial charge in [-0.1, -0.05) is 0 Å². The second-order valence-electron chi connectivity index (χ2n) is 2.93. The van der Waals surface area contributed by atoms with Gasteiger partial charge in [0.2, 0.25) is 0 Å². The van der Waals surface area contributed by atoms with Crippen LogP contribution in [-0.2, 0) is 11.4 Å². The van der Waals surface area contributed by atoms with Gasteiger partial charge in [-0.2, -0.15) is 0 Å². The fourth-order valence-corrected chi connectivity index (χ4v) is 1.76. The van der Waals surface area contributed by atoms with Gasteiger partial charge in [-0.25, -0.2) is 5.90 Å². The SMILES string of the molecule is CN(CCCON)Cc1cncs1. The molecule has 74 valence electrons. The van der Waals surface area contributed by atoms with Crippen molar-refractivity contribution in [3.63, 3.8) is 0 Å². The average molecular weight is 201 g/mol. The molecule has 0 saturated carbocycles. The van der Waals surface area contributed by atoms with E-state index in [-0.39, 0.29) is 0 Å². The van der Waals surface area contributed by atoms with Crippen molar-refractivity contribution in [2.45, 2.75) is 13.0 Å². The molecule has 1 aromatic rings. The Morgan fingerprint density at radius 1 is 1.69 bits per heavy atom. The Morgan fingerprint density at radius 3 is 3.15 bits per heavy atom. The number of nitrogens with zero attached hydrogens (tertiary/aromatic N) is 2. The average Bonchev–Trinajstić information content (AvgIpc) is 2.57. The molecule has 0 amide bonds. The first-order chi connectivity index (χ1) is 6.33. The largest absolute Gasteiger partial charge is 0.305 e. The fraction of sp³-hybridized carbons (Fsp3) is 0.625. The lowest BCUT2D eigenvalue weighted by molar-refractivity contribution is 0.126. The quantitative estimate of drug-likeness (QED) is 0.548. The van der Waals surface area contributed by atoms with E-state index in [9.17, 15) is 0 Å². The molecule has 0 aliphatic heterocycles. The van der Waals surface area contributed by atoms with Crippen LogP contribution in [0.25, 0.3) is 0 Å². The van der Waals surface area contributed by atoms with Crippen molar-refractivity contribution in [3.8, 4) is 0 Å². The summed E-state index contributed by atoms with van der Waals surface area (Å²) in [4.78, 5) is 12.0. The first-order valence-corrected chi connectivity index (χ1v) is 5.08. The molecule has 0 aromatic carbocycles. The van der Waals surface area contributed by atoms with Gasteiger partial charge >= 0.3 is 0 Å². The van der Waals surface area contributed by atoms with Crippen LogP contribution in [0.4, 0.5) is 0 Å². The summed E-state index contributed by atoms with van der Waals surface area (Å²) in [6.07, 6.45) is 2.87. The lowest BCUT2D eigenvalue weighted by Crippen LogP contribution is -2.20. The van der Waals surface area contributed by atoms with Crippen LogP contribution >= 0.6 is 11.3 Å². The number of aromatic nitrogens is 1. The first kappa shape index (κ1) is 10.6. The monoisotopic (exact) mass is 201 g/mol. The van der Waals surface area contributed by atoms with E-state index < -0.39 is 0 Å². The van der Waals surface area contributed by atoms with E-state index in [0.717, 1.165) is 19.5 Å². The number of rotatable bonds is 6. The van der Waals surface area contributed by atoms with Crippen LogP contribution in [-0.4, -0.2) is 30.1 Å². The van der Waals surface area contributed by atoms with Crippen molar-refractivity contribution in [2.75, 3.05) is 20.2 Å². The van der Waals surface area contributed by atoms with Crippen molar-refractivity contribution >= 4 is 11.3 Å². The highest BCUT2D eigenvalue weighted by molar-refractivity contribution is 7.09. The summed E-state index contributed by atoms with van der Waals surface area (Å²) in [5.74, 6) is 4.92. The molecule has 0 saturated heterocycles. The summed E-state index contributed by atoms with van der Waals surface area (Å²) in [5, 5.41) is 0. The predicted molar refractivity (Wildman–Crippen MR) is 53.2 cm³/mol. The third-order valence-corrected chi connectivity index (χ3v) is 2.48. The van der Waals surface area contributed by atoms with Crippen molar-refractivity contribution in [3.05, 3.63) is 16.6 Å². The molecule has 0 aliphatic rings. The molecule has 0 radical (unpaired) electrons. The summed E-state index contributed by atoms with van der Waals surface area (Å²) >= 11 is 1.68. The lowest BCUT2D eigenvalue weighted by atomic mass is 10.4. The van der Waals surface area contributed by atoms with E-state index in [1.54, 1.807) is 11.3 Å². The van der Waals surface area contributed by atoms with Gasteiger partial charge in [-0.15, -0.1) is 11.3 Å². The molecule has 0 bridgehead atoms. The zero-order valence-corrected chi connectivity index (χ0v) is 8.59. The topological polar surface area (TPSA) is 51.4 Å². The van der Waals surface area contributed by atoms with E-state index in [4.69, 9.17) is 5.90 Å². The summed E-state index contributed by atoms with van der Waals surface area (Å²) < 4.78 is 0. The maximum Gasteiger partial charge on any atom is 0.0794 e. The highest BCUT2D eigenvalue weighted by atomic mass is 32.1. The summed E-state index contributed by atoms with van der Waals surface area (Å²) in [5.41, 5.74) is 1.85. The third-order valence-electron chi connectivity index (χ3n) is 1.71. The van der Waals surface area contributed by atoms with Gasteiger partial charge in [-0.05, 0) is 13.5 Å². The molecule has 1 heterocycles. The van der Waals surface area contributed by atoms with Gasteiger partial charge in [0.25, 0.3) is 0 Å². The van der Waals surface area contributed by atoms with Gasteiger partial charge in [0.05, 0.1) is 12.1 Å². The Morgan fingerprint density at radius 2 is 2.54 bits per heavy atom. The third kappa shape index (κ3) is 4.33. The Bertz CT molecular complexity index is 215. The van der Waals surface area contributed by atoms with Gasteiger partial charge in [0.1, 0.15) is 0 Å². The number of thiazole rings is 1. The minimum absolute atomic E-state index is 0.618. The highest BCUT2D eigenvalue weighted by Gasteiger charge is 2.00. The maximum absolute atomic E-state index is 4.92. The number of hydrogen-bond acceptors (Lipinski definition) is 5. The molecule has 0 aliphatic carbocycles. The van der Waals surface area contributed by atoms with Crippen molar-refractivity contribution in [1.82, 2.24) is 9.88 Å².